The number of aliphatic hydroxyl groups excluding tert-OH is 5. The van der Waals surface area contributed by atoms with Crippen molar-refractivity contribution in [2.24, 2.45) is 0 Å². The summed E-state index contributed by atoms with van der Waals surface area (Å²) >= 11 is 0. The molecule has 68 heavy (non-hydrogen) atoms. The lowest BCUT2D eigenvalue weighted by Gasteiger charge is -2.41. The number of ether oxygens (including phenoxy) is 3. The van der Waals surface area contributed by atoms with Gasteiger partial charge in [0.2, 0.25) is 5.91 Å². The van der Waals surface area contributed by atoms with E-state index in [-0.39, 0.29) is 13.0 Å². The number of aliphatic hydroxyl groups is 5. The van der Waals surface area contributed by atoms with Crippen molar-refractivity contribution in [2.45, 2.75) is 327 Å². The van der Waals surface area contributed by atoms with Crippen molar-refractivity contribution >= 4 is 11.9 Å². The summed E-state index contributed by atoms with van der Waals surface area (Å²) in [4.78, 5) is 26.4. The molecule has 0 bridgehead atoms. The monoisotopic (exact) mass is 968 g/mol. The lowest BCUT2D eigenvalue weighted by molar-refractivity contribution is -0.305. The van der Waals surface area contributed by atoms with Crippen LogP contribution in [0.2, 0.25) is 0 Å². The van der Waals surface area contributed by atoms with Gasteiger partial charge in [-0.25, -0.2) is 0 Å². The van der Waals surface area contributed by atoms with Crippen LogP contribution in [-0.2, 0) is 23.8 Å². The zero-order valence-electron chi connectivity index (χ0n) is 44.2. The molecular weight excluding hydrogens is 859 g/mol. The van der Waals surface area contributed by atoms with Gasteiger partial charge in [-0.1, -0.05) is 258 Å². The Balaban J connectivity index is 2.69. The molecule has 402 valence electrons. The number of nitrogens with one attached hydrogen (secondary N) is 1. The summed E-state index contributed by atoms with van der Waals surface area (Å²) in [5.41, 5.74) is 0. The molecule has 1 saturated heterocycles. The fraction of sp³-hybridized carbons (Fsp3) is 0.930. The van der Waals surface area contributed by atoms with Crippen molar-refractivity contribution in [3.8, 4) is 0 Å². The molecule has 1 fully saturated rings. The zero-order chi connectivity index (χ0) is 49.7. The van der Waals surface area contributed by atoms with Crippen LogP contribution < -0.4 is 5.32 Å². The number of esters is 1. The van der Waals surface area contributed by atoms with E-state index in [0.29, 0.717) is 19.3 Å². The van der Waals surface area contributed by atoms with Gasteiger partial charge in [0.15, 0.2) is 12.4 Å². The van der Waals surface area contributed by atoms with Crippen molar-refractivity contribution in [1.82, 2.24) is 5.32 Å². The number of amides is 1. The van der Waals surface area contributed by atoms with Crippen LogP contribution in [0, 0.1) is 0 Å². The summed E-state index contributed by atoms with van der Waals surface area (Å²) in [7, 11) is 0. The smallest absolute Gasteiger partial charge is 0.306 e. The lowest BCUT2D eigenvalue weighted by atomic mass is 9.99. The SMILES string of the molecule is CCCCCCCCCCCC/C=C/C(O)C(COC1OC(CO)C(O)C(O)C1OC(=O)CCCCCCCCCCCCCCCCCCC)NC(=O)C(O)CCCCCCCCCCCC. The molecule has 8 atom stereocenters. The Hall–Kier alpha value is -1.60. The minimum Gasteiger partial charge on any atom is -0.454 e. The number of rotatable bonds is 49. The second-order valence-corrected chi connectivity index (χ2v) is 20.4. The number of hydrogen-bond donors (Lipinski definition) is 6. The average Bonchev–Trinajstić information content (AvgIpc) is 3.33. The van der Waals surface area contributed by atoms with E-state index in [1.165, 1.54) is 173 Å². The van der Waals surface area contributed by atoms with Crippen molar-refractivity contribution in [3.05, 3.63) is 12.2 Å². The molecule has 8 unspecified atom stereocenters. The first-order valence-corrected chi connectivity index (χ1v) is 29.0. The Morgan fingerprint density at radius 1 is 0.559 bits per heavy atom. The van der Waals surface area contributed by atoms with Gasteiger partial charge in [0.1, 0.15) is 24.4 Å². The molecule has 1 amide bonds. The van der Waals surface area contributed by atoms with E-state index >= 15 is 0 Å². The van der Waals surface area contributed by atoms with Gasteiger partial charge in [0.05, 0.1) is 25.4 Å². The highest BCUT2D eigenvalue weighted by Crippen LogP contribution is 2.26. The van der Waals surface area contributed by atoms with Crippen molar-refractivity contribution in [3.63, 3.8) is 0 Å². The maximum Gasteiger partial charge on any atom is 0.306 e. The predicted octanol–water partition coefficient (Wildman–Crippen LogP) is 12.8. The van der Waals surface area contributed by atoms with Gasteiger partial charge in [0, 0.05) is 6.42 Å². The molecule has 1 aliphatic heterocycles. The van der Waals surface area contributed by atoms with E-state index in [2.05, 4.69) is 26.1 Å². The second kappa shape index (κ2) is 46.5. The van der Waals surface area contributed by atoms with Crippen LogP contribution in [0.4, 0.5) is 0 Å². The van der Waals surface area contributed by atoms with Gasteiger partial charge in [-0.2, -0.15) is 0 Å². The van der Waals surface area contributed by atoms with Gasteiger partial charge < -0.3 is 45.1 Å². The fourth-order valence-electron chi connectivity index (χ4n) is 9.30. The third kappa shape index (κ3) is 34.7. The Morgan fingerprint density at radius 2 is 0.956 bits per heavy atom. The summed E-state index contributed by atoms with van der Waals surface area (Å²) in [6, 6.07) is -1.01. The first kappa shape index (κ1) is 64.4. The van der Waals surface area contributed by atoms with Crippen LogP contribution in [0.25, 0.3) is 0 Å². The van der Waals surface area contributed by atoms with Crippen LogP contribution in [0.1, 0.15) is 278 Å². The Bertz CT molecular complexity index is 1160. The number of allylic oxidation sites excluding steroid dienone is 1. The van der Waals surface area contributed by atoms with Gasteiger partial charge in [0.25, 0.3) is 0 Å². The van der Waals surface area contributed by atoms with Crippen LogP contribution in [0.15, 0.2) is 12.2 Å². The predicted molar refractivity (Wildman–Crippen MR) is 278 cm³/mol. The Labute approximate surface area is 417 Å². The fourth-order valence-corrected chi connectivity index (χ4v) is 9.30. The highest BCUT2D eigenvalue weighted by Gasteiger charge is 2.47. The van der Waals surface area contributed by atoms with Crippen LogP contribution in [0.3, 0.4) is 0 Å². The van der Waals surface area contributed by atoms with Crippen molar-refractivity contribution in [2.75, 3.05) is 13.2 Å². The van der Waals surface area contributed by atoms with Crippen LogP contribution in [0.5, 0.6) is 0 Å². The summed E-state index contributed by atoms with van der Waals surface area (Å²) in [5.74, 6) is -1.18. The molecule has 0 radical (unpaired) electrons. The molecule has 11 nitrogen and oxygen atoms in total. The summed E-state index contributed by atoms with van der Waals surface area (Å²) in [6.07, 6.45) is 39.7. The highest BCUT2D eigenvalue weighted by molar-refractivity contribution is 5.80. The molecule has 1 heterocycles. The zero-order valence-corrected chi connectivity index (χ0v) is 44.2. The summed E-state index contributed by atoms with van der Waals surface area (Å²) < 4.78 is 17.6. The molecule has 1 aliphatic rings. The molecule has 1 rings (SSSR count). The summed E-state index contributed by atoms with van der Waals surface area (Å²) in [6.45, 7) is 5.78. The third-order valence-electron chi connectivity index (χ3n) is 13.9. The molecule has 0 aliphatic carbocycles. The minimum atomic E-state index is -1.60. The van der Waals surface area contributed by atoms with Crippen molar-refractivity contribution < 1.29 is 49.3 Å². The maximum atomic E-state index is 13.3. The van der Waals surface area contributed by atoms with E-state index in [1.54, 1.807) is 6.08 Å². The number of carbonyl (C=O) groups is 2. The third-order valence-corrected chi connectivity index (χ3v) is 13.9. The standard InChI is InChI=1S/C57H109NO10/c1-4-7-10-13-16-19-22-24-25-26-27-28-30-33-36-39-42-45-52(62)68-55-54(64)53(63)51(46-59)67-57(55)66-47-48(49(60)43-40-37-34-32-29-23-20-17-14-11-8-5-2)58-56(65)50(61)44-41-38-35-31-21-18-15-12-9-6-3/h40,43,48-51,53-55,57,59-61,63-64H,4-39,41-42,44-47H2,1-3H3,(H,58,65)/b43-40+. The van der Waals surface area contributed by atoms with Gasteiger partial charge in [-0.05, 0) is 25.7 Å². The van der Waals surface area contributed by atoms with E-state index in [0.717, 1.165) is 57.8 Å². The normalized spacial score (nSPS) is 19.9. The Kier molecular flexibility index (Phi) is 44.0. The number of hydrogen-bond acceptors (Lipinski definition) is 10. The topological polar surface area (TPSA) is 175 Å². The Morgan fingerprint density at radius 3 is 1.38 bits per heavy atom. The van der Waals surface area contributed by atoms with E-state index in [4.69, 9.17) is 14.2 Å². The van der Waals surface area contributed by atoms with Gasteiger partial charge in [-0.3, -0.25) is 9.59 Å². The molecular formula is C57H109NO10. The first-order valence-electron chi connectivity index (χ1n) is 29.0. The van der Waals surface area contributed by atoms with E-state index < -0.39 is 67.4 Å². The van der Waals surface area contributed by atoms with Crippen LogP contribution >= 0.6 is 0 Å². The summed E-state index contributed by atoms with van der Waals surface area (Å²) in [5, 5.41) is 56.7. The molecule has 6 N–H and O–H groups in total. The quantitative estimate of drug-likeness (QED) is 0.0196. The van der Waals surface area contributed by atoms with E-state index in [9.17, 15) is 35.1 Å². The molecule has 11 heteroatoms. The van der Waals surface area contributed by atoms with Gasteiger partial charge >= 0.3 is 5.97 Å². The molecule has 0 spiro atoms. The highest BCUT2D eigenvalue weighted by atomic mass is 16.7. The lowest BCUT2D eigenvalue weighted by Crippen LogP contribution is -2.61. The minimum absolute atomic E-state index is 0.131. The second-order valence-electron chi connectivity index (χ2n) is 20.4. The number of carbonyl (C=O) groups excluding carboxylic acids is 2. The molecule has 0 aromatic carbocycles. The van der Waals surface area contributed by atoms with Crippen LogP contribution in [-0.4, -0.2) is 99.6 Å². The molecule has 0 saturated carbocycles. The number of unbranched alkanes of at least 4 members (excludes halogenated alkanes) is 35. The largest absolute Gasteiger partial charge is 0.454 e. The van der Waals surface area contributed by atoms with Crippen molar-refractivity contribution in [1.29, 1.82) is 0 Å². The molecule has 0 aromatic rings. The van der Waals surface area contributed by atoms with E-state index in [1.807, 2.05) is 6.08 Å². The average molecular weight is 968 g/mol. The van der Waals surface area contributed by atoms with Gasteiger partial charge in [-0.15, -0.1) is 0 Å². The maximum absolute atomic E-state index is 13.3. The first-order chi connectivity index (χ1) is 33.2. The molecule has 0 aromatic heterocycles.